The molecule has 1 heterocycles. The maximum absolute atomic E-state index is 14.3. The second-order valence-electron chi connectivity index (χ2n) is 5.00. The number of anilines is 2. The van der Waals surface area contributed by atoms with Gasteiger partial charge in [0.1, 0.15) is 6.54 Å². The molecule has 25 heavy (non-hydrogen) atoms. The van der Waals surface area contributed by atoms with Crippen molar-refractivity contribution >= 4 is 22.5 Å². The Balaban J connectivity index is 2.19. The molecular formula is C17H11F3N4O. The number of nitrogens with zero attached hydrogens (tertiary/aromatic N) is 4. The number of halogens is 3. The van der Waals surface area contributed by atoms with E-state index in [1.807, 2.05) is 6.07 Å². The Labute approximate surface area is 140 Å². The molecule has 0 atom stereocenters. The average Bonchev–Trinajstić information content (AvgIpc) is 2.64. The third-order valence-corrected chi connectivity index (χ3v) is 3.55. The van der Waals surface area contributed by atoms with Gasteiger partial charge in [-0.15, -0.1) is 0 Å². The number of ether oxygens (including phenoxy) is 1. The van der Waals surface area contributed by atoms with Crippen LogP contribution in [-0.4, -0.2) is 23.6 Å². The fourth-order valence-electron chi connectivity index (χ4n) is 2.35. The summed E-state index contributed by atoms with van der Waals surface area (Å²) >= 11 is 0. The molecule has 0 spiro atoms. The van der Waals surface area contributed by atoms with Crippen molar-refractivity contribution in [1.82, 2.24) is 9.97 Å². The normalized spacial score (nSPS) is 10.5. The van der Waals surface area contributed by atoms with Gasteiger partial charge in [0.2, 0.25) is 5.82 Å². The van der Waals surface area contributed by atoms with Crippen molar-refractivity contribution in [2.45, 2.75) is 0 Å². The van der Waals surface area contributed by atoms with Crippen LogP contribution in [0.25, 0.3) is 11.0 Å². The first-order valence-corrected chi connectivity index (χ1v) is 7.14. The molecule has 8 heteroatoms. The lowest BCUT2D eigenvalue weighted by molar-refractivity contribution is 0.361. The Morgan fingerprint density at radius 3 is 2.52 bits per heavy atom. The number of para-hydroxylation sites is 2. The quantitative estimate of drug-likeness (QED) is 0.533. The van der Waals surface area contributed by atoms with E-state index in [4.69, 9.17) is 10.00 Å². The van der Waals surface area contributed by atoms with Crippen molar-refractivity contribution in [2.75, 3.05) is 18.6 Å². The highest BCUT2D eigenvalue weighted by Crippen LogP contribution is 2.34. The fraction of sp³-hybridized carbons (Fsp3) is 0.118. The van der Waals surface area contributed by atoms with Gasteiger partial charge in [-0.2, -0.15) is 9.65 Å². The highest BCUT2D eigenvalue weighted by Gasteiger charge is 2.24. The van der Waals surface area contributed by atoms with Crippen molar-refractivity contribution in [3.8, 4) is 11.8 Å². The second-order valence-corrected chi connectivity index (χ2v) is 5.00. The molecule has 0 N–H and O–H groups in total. The number of rotatable bonds is 4. The van der Waals surface area contributed by atoms with E-state index in [1.54, 1.807) is 24.3 Å². The van der Waals surface area contributed by atoms with Crippen LogP contribution in [0, 0.1) is 28.8 Å². The zero-order valence-electron chi connectivity index (χ0n) is 13.0. The first-order chi connectivity index (χ1) is 12.1. The van der Waals surface area contributed by atoms with Gasteiger partial charge < -0.3 is 9.64 Å². The molecular weight excluding hydrogens is 333 g/mol. The molecule has 126 valence electrons. The van der Waals surface area contributed by atoms with Crippen LogP contribution in [0.2, 0.25) is 0 Å². The Bertz CT molecular complexity index is 988. The van der Waals surface area contributed by atoms with E-state index in [0.717, 1.165) is 18.1 Å². The summed E-state index contributed by atoms with van der Waals surface area (Å²) in [5, 5.41) is 9.05. The van der Waals surface area contributed by atoms with Crippen LogP contribution < -0.4 is 9.64 Å². The molecule has 0 saturated carbocycles. The van der Waals surface area contributed by atoms with Gasteiger partial charge >= 0.3 is 0 Å². The van der Waals surface area contributed by atoms with Gasteiger partial charge in [-0.1, -0.05) is 12.1 Å². The van der Waals surface area contributed by atoms with E-state index in [9.17, 15) is 13.2 Å². The summed E-state index contributed by atoms with van der Waals surface area (Å²) in [6, 6.07) is 9.78. The average molecular weight is 344 g/mol. The summed E-state index contributed by atoms with van der Waals surface area (Å²) in [6.45, 7) is -0.349. The van der Waals surface area contributed by atoms with Crippen molar-refractivity contribution in [3.63, 3.8) is 0 Å². The van der Waals surface area contributed by atoms with E-state index < -0.39 is 23.2 Å². The molecule has 0 bridgehead atoms. The summed E-state index contributed by atoms with van der Waals surface area (Å²) in [7, 11) is 1.13. The molecule has 0 saturated heterocycles. The molecule has 2 aromatic carbocycles. The zero-order chi connectivity index (χ0) is 18.0. The molecule has 0 fully saturated rings. The third kappa shape index (κ3) is 2.92. The van der Waals surface area contributed by atoms with Gasteiger partial charge in [0.15, 0.2) is 23.2 Å². The number of hydrogen-bond donors (Lipinski definition) is 0. The molecule has 0 amide bonds. The summed E-state index contributed by atoms with van der Waals surface area (Å²) in [6.07, 6.45) is 1.33. The van der Waals surface area contributed by atoms with E-state index in [0.29, 0.717) is 11.0 Å². The maximum atomic E-state index is 14.3. The first kappa shape index (κ1) is 16.5. The lowest BCUT2D eigenvalue weighted by Crippen LogP contribution is -2.21. The van der Waals surface area contributed by atoms with Crippen LogP contribution >= 0.6 is 0 Å². The Kier molecular flexibility index (Phi) is 4.39. The minimum Gasteiger partial charge on any atom is -0.493 e. The number of methoxy groups -OCH3 is 1. The molecule has 5 nitrogen and oxygen atoms in total. The first-order valence-electron chi connectivity index (χ1n) is 7.14. The van der Waals surface area contributed by atoms with Gasteiger partial charge in [-0.25, -0.2) is 13.8 Å². The predicted octanol–water partition coefficient (Wildman–Crippen LogP) is 3.72. The number of hydrogen-bond acceptors (Lipinski definition) is 5. The smallest absolute Gasteiger partial charge is 0.203 e. The number of aromatic nitrogens is 2. The van der Waals surface area contributed by atoms with E-state index in [1.165, 1.54) is 6.20 Å². The lowest BCUT2D eigenvalue weighted by atomic mass is 10.2. The summed E-state index contributed by atoms with van der Waals surface area (Å²) in [5.74, 6) is -4.93. The highest BCUT2D eigenvalue weighted by atomic mass is 19.2. The molecule has 0 aliphatic carbocycles. The van der Waals surface area contributed by atoms with Crippen molar-refractivity contribution in [2.24, 2.45) is 0 Å². The fourth-order valence-corrected chi connectivity index (χ4v) is 2.35. The van der Waals surface area contributed by atoms with Gasteiger partial charge in [-0.3, -0.25) is 4.98 Å². The second kappa shape index (κ2) is 6.65. The largest absolute Gasteiger partial charge is 0.493 e. The standard InChI is InChI=1S/C17H11F3N4O/c1-25-13-8-12(15(18)17(20)16(13)19)24(7-6-21)14-9-22-10-4-2-3-5-11(10)23-14/h2-5,8-9H,7H2,1H3. The topological polar surface area (TPSA) is 62.0 Å². The third-order valence-electron chi connectivity index (χ3n) is 3.55. The predicted molar refractivity (Wildman–Crippen MR) is 85.0 cm³/mol. The summed E-state index contributed by atoms with van der Waals surface area (Å²) < 4.78 is 46.5. The zero-order valence-corrected chi connectivity index (χ0v) is 13.0. The highest BCUT2D eigenvalue weighted by molar-refractivity contribution is 5.76. The Hall–Kier alpha value is -3.34. The van der Waals surface area contributed by atoms with Crippen LogP contribution in [0.1, 0.15) is 0 Å². The minimum atomic E-state index is -1.69. The monoisotopic (exact) mass is 344 g/mol. The number of benzene rings is 2. The van der Waals surface area contributed by atoms with E-state index >= 15 is 0 Å². The molecule has 0 aliphatic heterocycles. The van der Waals surface area contributed by atoms with E-state index in [-0.39, 0.29) is 18.1 Å². The Morgan fingerprint density at radius 2 is 1.84 bits per heavy atom. The van der Waals surface area contributed by atoms with Crippen molar-refractivity contribution < 1.29 is 17.9 Å². The molecule has 3 aromatic rings. The summed E-state index contributed by atoms with van der Waals surface area (Å²) in [5.41, 5.74) is 0.742. The van der Waals surface area contributed by atoms with Gasteiger partial charge in [0.05, 0.1) is 36.1 Å². The number of fused-ring (bicyclic) bond motifs is 1. The maximum Gasteiger partial charge on any atom is 0.203 e. The van der Waals surface area contributed by atoms with Gasteiger partial charge in [0, 0.05) is 6.07 Å². The van der Waals surface area contributed by atoms with Crippen LogP contribution in [0.3, 0.4) is 0 Å². The van der Waals surface area contributed by atoms with Gasteiger partial charge in [-0.05, 0) is 12.1 Å². The van der Waals surface area contributed by atoms with Crippen LogP contribution in [-0.2, 0) is 0 Å². The van der Waals surface area contributed by atoms with Crippen LogP contribution in [0.5, 0.6) is 5.75 Å². The molecule has 1 aromatic heterocycles. The van der Waals surface area contributed by atoms with Gasteiger partial charge in [0.25, 0.3) is 0 Å². The molecule has 0 radical (unpaired) electrons. The molecule has 0 aliphatic rings. The number of nitriles is 1. The van der Waals surface area contributed by atoms with Crippen LogP contribution in [0.4, 0.5) is 24.7 Å². The SMILES string of the molecule is COc1cc(N(CC#N)c2cnc3ccccc3n2)c(F)c(F)c1F. The van der Waals surface area contributed by atoms with Crippen molar-refractivity contribution in [1.29, 1.82) is 5.26 Å². The lowest BCUT2D eigenvalue weighted by Gasteiger charge is -2.22. The Morgan fingerprint density at radius 1 is 1.12 bits per heavy atom. The van der Waals surface area contributed by atoms with Crippen molar-refractivity contribution in [3.05, 3.63) is 54.0 Å². The van der Waals surface area contributed by atoms with E-state index in [2.05, 4.69) is 9.97 Å². The minimum absolute atomic E-state index is 0.118. The van der Waals surface area contributed by atoms with Crippen LogP contribution in [0.15, 0.2) is 36.5 Å². The molecule has 3 rings (SSSR count). The summed E-state index contributed by atoms with van der Waals surface area (Å²) in [4.78, 5) is 9.59. The molecule has 0 unspecified atom stereocenters.